The van der Waals surface area contributed by atoms with Gasteiger partial charge in [-0.3, -0.25) is 30.6 Å². The number of nitrogens with one attached hydrogen (secondary N) is 3. The van der Waals surface area contributed by atoms with E-state index >= 15 is 0 Å². The monoisotopic (exact) mass is 461 g/mol. The summed E-state index contributed by atoms with van der Waals surface area (Å²) in [6.45, 7) is 1.58. The van der Waals surface area contributed by atoms with Crippen LogP contribution in [0.25, 0.3) is 11.0 Å². The number of nitro groups is 1. The number of aryl methyl sites for hydroxylation is 1. The maximum atomic E-state index is 12.3. The van der Waals surface area contributed by atoms with Crippen molar-refractivity contribution in [1.82, 2.24) is 20.8 Å². The van der Waals surface area contributed by atoms with Crippen LogP contribution in [0.1, 0.15) is 31.8 Å². The largest absolute Gasteiger partial charge is 0.333 e. The molecule has 9 nitrogen and oxygen atoms in total. The molecule has 0 aliphatic carbocycles. The number of fused-ring (bicyclic) bond motifs is 1. The Morgan fingerprint density at radius 3 is 2.36 bits per heavy atom. The van der Waals surface area contributed by atoms with Crippen molar-refractivity contribution in [3.05, 3.63) is 99.1 Å². The number of aromatic nitrogens is 2. The number of hydrazine groups is 1. The van der Waals surface area contributed by atoms with Gasteiger partial charge in [-0.15, -0.1) is 0 Å². The quantitative estimate of drug-likeness (QED) is 0.225. The van der Waals surface area contributed by atoms with E-state index in [0.717, 1.165) is 21.8 Å². The topological polar surface area (TPSA) is 130 Å². The van der Waals surface area contributed by atoms with Gasteiger partial charge in [0.1, 0.15) is 0 Å². The summed E-state index contributed by atoms with van der Waals surface area (Å²) in [6.07, 6.45) is 0. The van der Waals surface area contributed by atoms with Crippen LogP contribution in [-0.4, -0.2) is 26.7 Å². The van der Waals surface area contributed by atoms with Crippen molar-refractivity contribution in [2.75, 3.05) is 0 Å². The maximum Gasteiger partial charge on any atom is 0.273 e. The van der Waals surface area contributed by atoms with Gasteiger partial charge in [0.25, 0.3) is 17.5 Å². The van der Waals surface area contributed by atoms with E-state index < -0.39 is 16.7 Å². The van der Waals surface area contributed by atoms with Crippen LogP contribution in [0.4, 0.5) is 5.69 Å². The number of para-hydroxylation sites is 2. The minimum Gasteiger partial charge on any atom is -0.333 e. The first-order valence-corrected chi connectivity index (χ1v) is 10.9. The highest BCUT2D eigenvalue weighted by molar-refractivity contribution is 7.98. The highest BCUT2D eigenvalue weighted by atomic mass is 32.2. The molecule has 1 aromatic heterocycles. The summed E-state index contributed by atoms with van der Waals surface area (Å²) >= 11 is 1.56. The number of H-pyrrole nitrogens is 1. The van der Waals surface area contributed by atoms with E-state index in [2.05, 4.69) is 20.8 Å². The van der Waals surface area contributed by atoms with E-state index in [0.29, 0.717) is 16.9 Å². The summed E-state index contributed by atoms with van der Waals surface area (Å²) in [5.41, 5.74) is 8.22. The molecule has 4 aromatic rings. The van der Waals surface area contributed by atoms with Gasteiger partial charge in [-0.1, -0.05) is 42.1 Å². The normalized spacial score (nSPS) is 10.7. The Morgan fingerprint density at radius 2 is 1.67 bits per heavy atom. The SMILES string of the molecule is Cc1ccc(C(=O)NNC(=O)c2ccc(CSc3nc4ccccc4[nH]3)cc2)cc1[N+](=O)[O-]. The molecule has 0 aliphatic rings. The van der Waals surface area contributed by atoms with Gasteiger partial charge < -0.3 is 4.98 Å². The Hall–Kier alpha value is -4.18. The molecular weight excluding hydrogens is 442 g/mol. The van der Waals surface area contributed by atoms with Crippen LogP contribution in [0.2, 0.25) is 0 Å². The Morgan fingerprint density at radius 1 is 1.00 bits per heavy atom. The molecule has 166 valence electrons. The fraction of sp³-hybridized carbons (Fsp3) is 0.0870. The fourth-order valence-corrected chi connectivity index (χ4v) is 3.95. The number of carbonyl (C=O) groups excluding carboxylic acids is 2. The van der Waals surface area contributed by atoms with Crippen LogP contribution in [-0.2, 0) is 5.75 Å². The molecule has 1 heterocycles. The van der Waals surface area contributed by atoms with E-state index in [1.54, 1.807) is 30.8 Å². The second-order valence-electron chi connectivity index (χ2n) is 7.21. The van der Waals surface area contributed by atoms with Crippen molar-refractivity contribution < 1.29 is 14.5 Å². The van der Waals surface area contributed by atoms with E-state index in [1.807, 2.05) is 36.4 Å². The summed E-state index contributed by atoms with van der Waals surface area (Å²) in [5, 5.41) is 11.9. The molecule has 0 spiro atoms. The number of hydrogen-bond donors (Lipinski definition) is 3. The molecule has 0 saturated heterocycles. The van der Waals surface area contributed by atoms with Crippen molar-refractivity contribution in [3.63, 3.8) is 0 Å². The Balaban J connectivity index is 1.32. The summed E-state index contributed by atoms with van der Waals surface area (Å²) in [5.74, 6) is -0.475. The van der Waals surface area contributed by atoms with Gasteiger partial charge >= 0.3 is 0 Å². The first-order valence-electron chi connectivity index (χ1n) is 9.93. The van der Waals surface area contributed by atoms with Crippen molar-refractivity contribution in [3.8, 4) is 0 Å². The van der Waals surface area contributed by atoms with Gasteiger partial charge in [-0.25, -0.2) is 4.98 Å². The van der Waals surface area contributed by atoms with Crippen LogP contribution in [0.15, 0.2) is 71.9 Å². The predicted octanol–water partition coefficient (Wildman–Crippen LogP) is 4.15. The van der Waals surface area contributed by atoms with E-state index in [1.165, 1.54) is 18.2 Å². The lowest BCUT2D eigenvalue weighted by Crippen LogP contribution is -2.41. The molecule has 0 bridgehead atoms. The number of imidazole rings is 1. The zero-order valence-electron chi connectivity index (χ0n) is 17.5. The van der Waals surface area contributed by atoms with E-state index in [-0.39, 0.29) is 11.3 Å². The summed E-state index contributed by atoms with van der Waals surface area (Å²) < 4.78 is 0. The highest BCUT2D eigenvalue weighted by Gasteiger charge is 2.16. The average molecular weight is 462 g/mol. The number of hydrogen-bond acceptors (Lipinski definition) is 6. The smallest absolute Gasteiger partial charge is 0.273 e. The van der Waals surface area contributed by atoms with Crippen molar-refractivity contribution in [2.24, 2.45) is 0 Å². The van der Waals surface area contributed by atoms with Gasteiger partial charge in [0, 0.05) is 28.5 Å². The lowest BCUT2D eigenvalue weighted by Gasteiger charge is -2.08. The van der Waals surface area contributed by atoms with E-state index in [4.69, 9.17) is 0 Å². The Labute approximate surface area is 192 Å². The third-order valence-corrected chi connectivity index (χ3v) is 5.86. The molecule has 33 heavy (non-hydrogen) atoms. The number of rotatable bonds is 6. The second kappa shape index (κ2) is 9.53. The summed E-state index contributed by atoms with van der Waals surface area (Å²) in [4.78, 5) is 42.9. The lowest BCUT2D eigenvalue weighted by atomic mass is 10.1. The molecule has 10 heteroatoms. The molecule has 3 aromatic carbocycles. The maximum absolute atomic E-state index is 12.3. The van der Waals surface area contributed by atoms with Crippen molar-refractivity contribution in [1.29, 1.82) is 0 Å². The minimum atomic E-state index is -0.648. The number of nitrogens with zero attached hydrogens (tertiary/aromatic N) is 2. The number of thioether (sulfide) groups is 1. The molecular formula is C23H19N5O4S. The van der Waals surface area contributed by atoms with Crippen LogP contribution in [0.3, 0.4) is 0 Å². The van der Waals surface area contributed by atoms with Crippen LogP contribution >= 0.6 is 11.8 Å². The first kappa shape index (κ1) is 22.0. The third kappa shape index (κ3) is 5.18. The number of benzene rings is 3. The lowest BCUT2D eigenvalue weighted by molar-refractivity contribution is -0.385. The summed E-state index contributed by atoms with van der Waals surface area (Å²) in [6, 6.07) is 18.9. The second-order valence-corrected chi connectivity index (χ2v) is 8.18. The van der Waals surface area contributed by atoms with Gasteiger partial charge in [0.05, 0.1) is 16.0 Å². The van der Waals surface area contributed by atoms with Crippen molar-refractivity contribution >= 4 is 40.3 Å². The van der Waals surface area contributed by atoms with Gasteiger partial charge in [0.2, 0.25) is 0 Å². The molecule has 0 radical (unpaired) electrons. The standard InChI is InChI=1S/C23H19N5O4S/c1-14-6-9-17(12-20(14)28(31)32)22(30)27-26-21(29)16-10-7-15(8-11-16)13-33-23-24-18-4-2-3-5-19(18)25-23/h2-12H,13H2,1H3,(H,24,25)(H,26,29)(H,27,30). The van der Waals surface area contributed by atoms with E-state index in [9.17, 15) is 19.7 Å². The molecule has 2 amide bonds. The zero-order chi connectivity index (χ0) is 23.4. The van der Waals surface area contributed by atoms with Gasteiger partial charge in [0.15, 0.2) is 5.16 Å². The first-order chi connectivity index (χ1) is 15.9. The Bertz CT molecular complexity index is 1320. The molecule has 0 aliphatic heterocycles. The van der Waals surface area contributed by atoms with Crippen molar-refractivity contribution in [2.45, 2.75) is 17.8 Å². The molecule has 0 saturated carbocycles. The zero-order valence-corrected chi connectivity index (χ0v) is 18.3. The number of aromatic amines is 1. The number of carbonyl (C=O) groups is 2. The molecule has 0 unspecified atom stereocenters. The van der Waals surface area contributed by atoms with Crippen LogP contribution in [0.5, 0.6) is 0 Å². The number of nitro benzene ring substituents is 1. The molecule has 4 rings (SSSR count). The van der Waals surface area contributed by atoms with Gasteiger partial charge in [-0.2, -0.15) is 0 Å². The third-order valence-electron chi connectivity index (χ3n) is 4.92. The minimum absolute atomic E-state index is 0.0746. The average Bonchev–Trinajstić information content (AvgIpc) is 3.24. The van der Waals surface area contributed by atoms with Gasteiger partial charge in [-0.05, 0) is 42.8 Å². The predicted molar refractivity (Wildman–Crippen MR) is 125 cm³/mol. The molecule has 0 atom stereocenters. The molecule has 0 fully saturated rings. The van der Waals surface area contributed by atoms with Crippen LogP contribution in [0, 0.1) is 17.0 Å². The van der Waals surface area contributed by atoms with Crippen LogP contribution < -0.4 is 10.9 Å². The fourth-order valence-electron chi connectivity index (χ4n) is 3.11. The highest BCUT2D eigenvalue weighted by Crippen LogP contribution is 2.23. The Kier molecular flexibility index (Phi) is 6.36. The summed E-state index contributed by atoms with van der Waals surface area (Å²) in [7, 11) is 0. The number of amides is 2. The molecule has 3 N–H and O–H groups in total.